The van der Waals surface area contributed by atoms with Gasteiger partial charge in [0.05, 0.1) is 6.54 Å². The Balaban J connectivity index is 2.26. The molecule has 19 heavy (non-hydrogen) atoms. The summed E-state index contributed by atoms with van der Waals surface area (Å²) in [4.78, 5) is 2.58. The molecule has 0 bridgehead atoms. The molecule has 1 heterocycles. The van der Waals surface area contributed by atoms with E-state index in [9.17, 15) is 8.78 Å². The van der Waals surface area contributed by atoms with Crippen LogP contribution in [0.4, 0.5) is 14.5 Å². The van der Waals surface area contributed by atoms with Gasteiger partial charge >= 0.3 is 0 Å². The van der Waals surface area contributed by atoms with E-state index in [0.29, 0.717) is 12.1 Å². The molecule has 0 atom stereocenters. The molecule has 2 aromatic rings. The summed E-state index contributed by atoms with van der Waals surface area (Å²) in [7, 11) is 1.66. The molecule has 1 nitrogen and oxygen atoms in total. The van der Waals surface area contributed by atoms with E-state index in [-0.39, 0.29) is 11.6 Å². The van der Waals surface area contributed by atoms with Gasteiger partial charge in [0.25, 0.3) is 0 Å². The summed E-state index contributed by atoms with van der Waals surface area (Å²) in [6, 6.07) is 4.47. The molecular formula is C13H11BrClF2NS. The van der Waals surface area contributed by atoms with Crippen molar-refractivity contribution in [1.82, 2.24) is 0 Å². The number of alkyl halides is 1. The second-order valence-corrected chi connectivity index (χ2v) is 6.31. The van der Waals surface area contributed by atoms with Gasteiger partial charge in [0.1, 0.15) is 17.3 Å². The van der Waals surface area contributed by atoms with E-state index in [4.69, 9.17) is 11.6 Å². The van der Waals surface area contributed by atoms with Crippen LogP contribution < -0.4 is 4.90 Å². The summed E-state index contributed by atoms with van der Waals surface area (Å²) in [5.74, 6) is -1.09. The van der Waals surface area contributed by atoms with Gasteiger partial charge in [0, 0.05) is 27.7 Å². The molecule has 2 rings (SSSR count). The van der Waals surface area contributed by atoms with E-state index in [1.54, 1.807) is 11.9 Å². The second kappa shape index (κ2) is 6.20. The van der Waals surface area contributed by atoms with Crippen molar-refractivity contribution < 1.29 is 8.78 Å². The predicted octanol–water partition coefficient (Wildman–Crippen LogP) is 5.16. The quantitative estimate of drug-likeness (QED) is 0.675. The minimum Gasteiger partial charge on any atom is -0.365 e. The Bertz CT molecular complexity index is 565. The Kier molecular flexibility index (Phi) is 4.81. The van der Waals surface area contributed by atoms with Crippen molar-refractivity contribution in [3.05, 3.63) is 50.1 Å². The smallest absolute Gasteiger partial charge is 0.149 e. The summed E-state index contributed by atoms with van der Waals surface area (Å²) in [5, 5.41) is 1.94. The highest BCUT2D eigenvalue weighted by Gasteiger charge is 2.16. The minimum absolute atomic E-state index is 0.0293. The van der Waals surface area contributed by atoms with Crippen molar-refractivity contribution in [3.8, 4) is 0 Å². The lowest BCUT2D eigenvalue weighted by atomic mass is 10.2. The molecule has 6 heteroatoms. The zero-order valence-electron chi connectivity index (χ0n) is 10.1. The Morgan fingerprint density at radius 3 is 2.37 bits per heavy atom. The first-order chi connectivity index (χ1) is 9.01. The highest BCUT2D eigenvalue weighted by Crippen LogP contribution is 2.28. The number of hydrogen-bond donors (Lipinski definition) is 0. The van der Waals surface area contributed by atoms with E-state index in [1.807, 2.05) is 11.4 Å². The zero-order valence-corrected chi connectivity index (χ0v) is 13.2. The van der Waals surface area contributed by atoms with E-state index in [2.05, 4.69) is 15.9 Å². The van der Waals surface area contributed by atoms with Crippen LogP contribution in [0.5, 0.6) is 0 Å². The maximum atomic E-state index is 13.9. The second-order valence-electron chi connectivity index (χ2n) is 4.13. The maximum absolute atomic E-state index is 13.9. The van der Waals surface area contributed by atoms with E-state index in [1.165, 1.54) is 23.5 Å². The van der Waals surface area contributed by atoms with Crippen molar-refractivity contribution in [2.75, 3.05) is 11.9 Å². The van der Waals surface area contributed by atoms with E-state index in [0.717, 1.165) is 9.35 Å². The van der Waals surface area contributed by atoms with Crippen molar-refractivity contribution in [1.29, 1.82) is 0 Å². The number of hydrogen-bond acceptors (Lipinski definition) is 2. The molecule has 0 fully saturated rings. The lowest BCUT2D eigenvalue weighted by Gasteiger charge is -2.20. The third kappa shape index (κ3) is 3.46. The molecule has 0 N–H and O–H groups in total. The number of benzene rings is 1. The molecule has 0 saturated heterocycles. The fourth-order valence-corrected chi connectivity index (χ4v) is 3.47. The fraction of sp³-hybridized carbons (Fsp3) is 0.231. The molecule has 0 unspecified atom stereocenters. The van der Waals surface area contributed by atoms with Gasteiger partial charge in [0.15, 0.2) is 0 Å². The van der Waals surface area contributed by atoms with Gasteiger partial charge in [-0.05, 0) is 39.7 Å². The van der Waals surface area contributed by atoms with Crippen LogP contribution in [0.3, 0.4) is 0 Å². The topological polar surface area (TPSA) is 3.24 Å². The van der Waals surface area contributed by atoms with Gasteiger partial charge in [-0.25, -0.2) is 8.78 Å². The molecule has 1 aromatic heterocycles. The predicted molar refractivity (Wildman–Crippen MR) is 80.0 cm³/mol. The van der Waals surface area contributed by atoms with Crippen LogP contribution in [-0.2, 0) is 12.4 Å². The molecule has 0 aliphatic carbocycles. The molecule has 0 amide bonds. The SMILES string of the molecule is CN(Cc1cc(Br)cs1)c1c(F)cc(CCl)cc1F. The van der Waals surface area contributed by atoms with Gasteiger partial charge in [0.2, 0.25) is 0 Å². The van der Waals surface area contributed by atoms with Crippen LogP contribution in [0, 0.1) is 11.6 Å². The molecule has 0 spiro atoms. The van der Waals surface area contributed by atoms with Gasteiger partial charge in [-0.1, -0.05) is 0 Å². The molecular weight excluding hydrogens is 356 g/mol. The fourth-order valence-electron chi connectivity index (χ4n) is 1.81. The number of thiophene rings is 1. The Morgan fingerprint density at radius 1 is 1.26 bits per heavy atom. The first-order valence-corrected chi connectivity index (χ1v) is 7.70. The first-order valence-electron chi connectivity index (χ1n) is 5.49. The number of rotatable bonds is 4. The summed E-state index contributed by atoms with van der Waals surface area (Å²) >= 11 is 10.5. The van der Waals surface area contributed by atoms with Crippen LogP contribution in [-0.4, -0.2) is 7.05 Å². The van der Waals surface area contributed by atoms with Crippen LogP contribution in [0.1, 0.15) is 10.4 Å². The van der Waals surface area contributed by atoms with Crippen LogP contribution in [0.25, 0.3) is 0 Å². The van der Waals surface area contributed by atoms with E-state index >= 15 is 0 Å². The zero-order chi connectivity index (χ0) is 14.0. The Morgan fingerprint density at radius 2 is 1.89 bits per heavy atom. The molecule has 0 radical (unpaired) electrons. The Labute approximate surface area is 127 Å². The maximum Gasteiger partial charge on any atom is 0.149 e. The van der Waals surface area contributed by atoms with Crippen LogP contribution in [0.15, 0.2) is 28.1 Å². The summed E-state index contributed by atoms with van der Waals surface area (Å²) in [6.07, 6.45) is 0. The third-order valence-corrected chi connectivity index (χ3v) is 4.62. The normalized spacial score (nSPS) is 10.8. The first kappa shape index (κ1) is 14.8. The highest BCUT2D eigenvalue weighted by molar-refractivity contribution is 9.10. The Hall–Kier alpha value is -0.650. The van der Waals surface area contributed by atoms with Gasteiger partial charge in [-0.2, -0.15) is 0 Å². The third-order valence-electron chi connectivity index (χ3n) is 2.63. The van der Waals surface area contributed by atoms with Crippen molar-refractivity contribution >= 4 is 44.6 Å². The summed E-state index contributed by atoms with van der Waals surface area (Å²) in [6.45, 7) is 0.449. The summed E-state index contributed by atoms with van der Waals surface area (Å²) in [5.41, 5.74) is 0.408. The van der Waals surface area contributed by atoms with Gasteiger partial charge < -0.3 is 4.90 Å². The lowest BCUT2D eigenvalue weighted by Crippen LogP contribution is -2.18. The number of nitrogens with zero attached hydrogens (tertiary/aromatic N) is 1. The van der Waals surface area contributed by atoms with E-state index < -0.39 is 11.6 Å². The largest absolute Gasteiger partial charge is 0.365 e. The van der Waals surface area contributed by atoms with Crippen LogP contribution in [0.2, 0.25) is 0 Å². The van der Waals surface area contributed by atoms with Gasteiger partial charge in [-0.15, -0.1) is 22.9 Å². The van der Waals surface area contributed by atoms with Crippen molar-refractivity contribution in [3.63, 3.8) is 0 Å². The molecule has 102 valence electrons. The number of anilines is 1. The highest BCUT2D eigenvalue weighted by atomic mass is 79.9. The molecule has 0 saturated carbocycles. The standard InChI is InChI=1S/C13H11BrClF2NS/c1-18(6-10-4-9(14)7-19-10)13-11(16)2-8(5-15)3-12(13)17/h2-4,7H,5-6H2,1H3. The average molecular weight is 367 g/mol. The van der Waals surface area contributed by atoms with Crippen molar-refractivity contribution in [2.24, 2.45) is 0 Å². The van der Waals surface area contributed by atoms with Crippen molar-refractivity contribution in [2.45, 2.75) is 12.4 Å². The molecule has 0 aliphatic rings. The lowest BCUT2D eigenvalue weighted by molar-refractivity contribution is 0.575. The van der Waals surface area contributed by atoms with Gasteiger partial charge in [-0.3, -0.25) is 0 Å². The number of halogens is 4. The monoisotopic (exact) mass is 365 g/mol. The van der Waals surface area contributed by atoms with Crippen LogP contribution >= 0.6 is 38.9 Å². The minimum atomic E-state index is -0.589. The summed E-state index contributed by atoms with van der Waals surface area (Å²) < 4.78 is 28.8. The average Bonchev–Trinajstić information content (AvgIpc) is 2.73. The molecule has 0 aliphatic heterocycles. The molecule has 1 aromatic carbocycles.